The van der Waals surface area contributed by atoms with Crippen LogP contribution in [0.15, 0.2) is 48.5 Å². The van der Waals surface area contributed by atoms with Gasteiger partial charge in [0, 0.05) is 11.1 Å². The molecule has 0 saturated heterocycles. The van der Waals surface area contributed by atoms with Crippen molar-refractivity contribution in [3.05, 3.63) is 70.8 Å². The smallest absolute Gasteiger partial charge is 0.101 e. The van der Waals surface area contributed by atoms with Gasteiger partial charge in [-0.25, -0.2) is 0 Å². The molecule has 0 unspecified atom stereocenters. The molecule has 2 rings (SSSR count). The van der Waals surface area contributed by atoms with Crippen LogP contribution in [0, 0.1) is 6.92 Å². The predicted octanol–water partition coefficient (Wildman–Crippen LogP) is 2.82. The molecular weight excluding hydrogens is 218 g/mol. The van der Waals surface area contributed by atoms with Crippen molar-refractivity contribution in [1.29, 1.82) is 0 Å². The largest absolute Gasteiger partial charge is 0.339 e. The summed E-state index contributed by atoms with van der Waals surface area (Å²) in [5, 5.41) is 2.35. The van der Waals surface area contributed by atoms with E-state index in [0.29, 0.717) is 0 Å². The highest BCUT2D eigenvalue weighted by Gasteiger charge is 1.98. The second kappa shape index (κ2) is 6.36. The summed E-state index contributed by atoms with van der Waals surface area (Å²) in [5.41, 5.74) is 5.54. The zero-order valence-corrected chi connectivity index (χ0v) is 11.3. The van der Waals surface area contributed by atoms with E-state index in [0.717, 1.165) is 19.5 Å². The van der Waals surface area contributed by atoms with Crippen molar-refractivity contribution in [3.8, 4) is 0 Å². The van der Waals surface area contributed by atoms with Crippen LogP contribution in [0.4, 0.5) is 0 Å². The van der Waals surface area contributed by atoms with Crippen LogP contribution in [0.3, 0.4) is 0 Å². The molecule has 0 aromatic heterocycles. The summed E-state index contributed by atoms with van der Waals surface area (Å²) in [7, 11) is 0. The Labute approximate surface area is 110 Å². The van der Waals surface area contributed by atoms with Gasteiger partial charge in [-0.2, -0.15) is 0 Å². The molecule has 0 fully saturated rings. The fraction of sp³-hybridized carbons (Fsp3) is 0.294. The molecule has 0 amide bonds. The highest BCUT2D eigenvalue weighted by atomic mass is 14.8. The minimum atomic E-state index is 1.05. The summed E-state index contributed by atoms with van der Waals surface area (Å²) < 4.78 is 0. The lowest BCUT2D eigenvalue weighted by molar-refractivity contribution is -0.686. The van der Waals surface area contributed by atoms with Crippen LogP contribution in [0.2, 0.25) is 0 Å². The third-order valence-corrected chi connectivity index (χ3v) is 3.31. The van der Waals surface area contributed by atoms with E-state index in [1.165, 1.54) is 22.3 Å². The molecule has 0 aliphatic heterocycles. The van der Waals surface area contributed by atoms with Crippen molar-refractivity contribution >= 4 is 0 Å². The van der Waals surface area contributed by atoms with E-state index < -0.39 is 0 Å². The Balaban J connectivity index is 1.82. The van der Waals surface area contributed by atoms with Crippen molar-refractivity contribution < 1.29 is 5.32 Å². The van der Waals surface area contributed by atoms with Crippen molar-refractivity contribution in [2.24, 2.45) is 0 Å². The van der Waals surface area contributed by atoms with Gasteiger partial charge in [0.2, 0.25) is 0 Å². The van der Waals surface area contributed by atoms with Crippen LogP contribution < -0.4 is 5.32 Å². The van der Waals surface area contributed by atoms with E-state index in [-0.39, 0.29) is 0 Å². The average Bonchev–Trinajstić information content (AvgIpc) is 2.42. The van der Waals surface area contributed by atoms with Gasteiger partial charge in [0.1, 0.15) is 13.1 Å². The topological polar surface area (TPSA) is 16.6 Å². The maximum Gasteiger partial charge on any atom is 0.101 e. The van der Waals surface area contributed by atoms with Crippen LogP contribution >= 0.6 is 0 Å². The van der Waals surface area contributed by atoms with Gasteiger partial charge < -0.3 is 5.32 Å². The lowest BCUT2D eigenvalue weighted by Gasteiger charge is -2.04. The molecule has 2 N–H and O–H groups in total. The molecule has 0 radical (unpaired) electrons. The Hall–Kier alpha value is -1.60. The quantitative estimate of drug-likeness (QED) is 0.827. The summed E-state index contributed by atoms with van der Waals surface area (Å²) in [5.74, 6) is 0. The second-order valence-corrected chi connectivity index (χ2v) is 4.85. The molecule has 18 heavy (non-hydrogen) atoms. The first kappa shape index (κ1) is 12.8. The minimum Gasteiger partial charge on any atom is -0.339 e. The van der Waals surface area contributed by atoms with E-state index in [2.05, 4.69) is 67.7 Å². The molecular formula is C17H22N+. The first-order chi connectivity index (χ1) is 8.78. The molecule has 0 heterocycles. The molecule has 2 aromatic carbocycles. The lowest BCUT2D eigenvalue weighted by atomic mass is 10.1. The normalized spacial score (nSPS) is 10.6. The molecule has 0 spiro atoms. The van der Waals surface area contributed by atoms with Crippen LogP contribution in [-0.4, -0.2) is 0 Å². The highest BCUT2D eigenvalue weighted by molar-refractivity contribution is 5.22. The van der Waals surface area contributed by atoms with Crippen molar-refractivity contribution in [2.75, 3.05) is 0 Å². The van der Waals surface area contributed by atoms with Gasteiger partial charge in [0.05, 0.1) is 0 Å². The van der Waals surface area contributed by atoms with Crippen LogP contribution in [-0.2, 0) is 19.5 Å². The molecule has 0 bridgehead atoms. The number of hydrogen-bond donors (Lipinski definition) is 1. The lowest BCUT2D eigenvalue weighted by Crippen LogP contribution is -2.80. The van der Waals surface area contributed by atoms with Crippen LogP contribution in [0.5, 0.6) is 0 Å². The first-order valence-corrected chi connectivity index (χ1v) is 6.73. The molecule has 2 aromatic rings. The van der Waals surface area contributed by atoms with Gasteiger partial charge in [-0.1, -0.05) is 61.0 Å². The summed E-state index contributed by atoms with van der Waals surface area (Å²) in [6, 6.07) is 17.7. The van der Waals surface area contributed by atoms with Gasteiger partial charge in [-0.3, -0.25) is 0 Å². The number of nitrogens with two attached hydrogens (primary N) is 1. The fourth-order valence-electron chi connectivity index (χ4n) is 2.04. The van der Waals surface area contributed by atoms with E-state index in [1.54, 1.807) is 0 Å². The van der Waals surface area contributed by atoms with Crippen molar-refractivity contribution in [2.45, 2.75) is 33.4 Å². The van der Waals surface area contributed by atoms with Gasteiger partial charge in [-0.05, 0) is 18.9 Å². The molecule has 94 valence electrons. The third-order valence-electron chi connectivity index (χ3n) is 3.31. The standard InChI is InChI=1S/C17H21N/c1-3-15-8-10-17(11-9-15)13-18-12-16-6-4-14(2)5-7-16/h4-11,18H,3,12-13H2,1-2H3/p+1. The van der Waals surface area contributed by atoms with Crippen LogP contribution in [0.1, 0.15) is 29.2 Å². The van der Waals surface area contributed by atoms with Crippen LogP contribution in [0.25, 0.3) is 0 Å². The molecule has 0 aliphatic rings. The SMILES string of the molecule is CCc1ccc(C[NH2+]Cc2ccc(C)cc2)cc1. The van der Waals surface area contributed by atoms with Crippen molar-refractivity contribution in [3.63, 3.8) is 0 Å². The molecule has 1 nitrogen and oxygen atoms in total. The Morgan fingerprint density at radius 2 is 1.17 bits per heavy atom. The van der Waals surface area contributed by atoms with E-state index in [4.69, 9.17) is 0 Å². The third kappa shape index (κ3) is 3.71. The second-order valence-electron chi connectivity index (χ2n) is 4.85. The number of aryl methyl sites for hydroxylation is 2. The molecule has 0 aliphatic carbocycles. The minimum absolute atomic E-state index is 1.05. The Kier molecular flexibility index (Phi) is 4.54. The zero-order chi connectivity index (χ0) is 12.8. The number of quaternary nitrogens is 1. The molecule has 0 atom stereocenters. The maximum absolute atomic E-state index is 2.35. The van der Waals surface area contributed by atoms with Gasteiger partial charge in [-0.15, -0.1) is 0 Å². The zero-order valence-electron chi connectivity index (χ0n) is 11.3. The maximum atomic E-state index is 2.35. The average molecular weight is 240 g/mol. The summed E-state index contributed by atoms with van der Waals surface area (Å²) in [6.45, 7) is 6.43. The highest BCUT2D eigenvalue weighted by Crippen LogP contribution is 2.04. The van der Waals surface area contributed by atoms with E-state index in [9.17, 15) is 0 Å². The number of benzene rings is 2. The molecule has 0 saturated carbocycles. The Bertz CT molecular complexity index is 468. The Morgan fingerprint density at radius 1 is 0.722 bits per heavy atom. The predicted molar refractivity (Wildman–Crippen MR) is 76.3 cm³/mol. The number of rotatable bonds is 5. The monoisotopic (exact) mass is 240 g/mol. The Morgan fingerprint density at radius 3 is 1.67 bits per heavy atom. The van der Waals surface area contributed by atoms with Gasteiger partial charge in [0.15, 0.2) is 0 Å². The van der Waals surface area contributed by atoms with Gasteiger partial charge in [0.25, 0.3) is 0 Å². The fourth-order valence-corrected chi connectivity index (χ4v) is 2.04. The van der Waals surface area contributed by atoms with E-state index in [1.807, 2.05) is 0 Å². The summed E-state index contributed by atoms with van der Waals surface area (Å²) in [4.78, 5) is 0. The summed E-state index contributed by atoms with van der Waals surface area (Å²) >= 11 is 0. The van der Waals surface area contributed by atoms with Crippen molar-refractivity contribution in [1.82, 2.24) is 0 Å². The first-order valence-electron chi connectivity index (χ1n) is 6.73. The number of hydrogen-bond acceptors (Lipinski definition) is 0. The summed E-state index contributed by atoms with van der Waals surface area (Å²) in [6.07, 6.45) is 1.12. The van der Waals surface area contributed by atoms with Gasteiger partial charge >= 0.3 is 0 Å². The van der Waals surface area contributed by atoms with E-state index >= 15 is 0 Å². The molecule has 1 heteroatoms.